The van der Waals surface area contributed by atoms with Crippen LogP contribution in [-0.2, 0) is 0 Å². The summed E-state index contributed by atoms with van der Waals surface area (Å²) < 4.78 is 0.700. The molecule has 0 aliphatic carbocycles. The molecule has 2 N–H and O–H groups in total. The quantitative estimate of drug-likeness (QED) is 0.273. The molecule has 0 bridgehead atoms. The van der Waals surface area contributed by atoms with Gasteiger partial charge in [-0.15, -0.1) is 0 Å². The highest BCUT2D eigenvalue weighted by Gasteiger charge is 2.03. The Kier molecular flexibility index (Phi) is 2.96. The van der Waals surface area contributed by atoms with Gasteiger partial charge in [0.1, 0.15) is 0 Å². The number of benzene rings is 2. The van der Waals surface area contributed by atoms with E-state index in [4.69, 9.17) is 5.11 Å². The molecule has 0 saturated carbocycles. The zero-order valence-corrected chi connectivity index (χ0v) is 8.95. The van der Waals surface area contributed by atoms with Crippen LogP contribution in [0, 0.1) is 5.21 Å². The van der Waals surface area contributed by atoms with Crippen molar-refractivity contribution in [1.82, 2.24) is 0 Å². The topological polar surface area (TPSA) is 66.5 Å². The monoisotopic (exact) mass is 229 g/mol. The molecular weight excluding hydrogens is 218 g/mol. The maximum Gasteiger partial charge on any atom is 0.216 e. The van der Waals surface area contributed by atoms with E-state index < -0.39 is 0 Å². The lowest BCUT2D eigenvalue weighted by molar-refractivity contribution is -0.354. The molecule has 4 heteroatoms. The van der Waals surface area contributed by atoms with Gasteiger partial charge in [-0.3, -0.25) is 0 Å². The Hall–Kier alpha value is -2.49. The second-order valence-corrected chi connectivity index (χ2v) is 3.54. The molecule has 0 fully saturated rings. The van der Waals surface area contributed by atoms with Crippen LogP contribution in [0.1, 0.15) is 5.56 Å². The number of hydrogen-bond acceptors (Lipinski definition) is 3. The van der Waals surface area contributed by atoms with Gasteiger partial charge in [-0.2, -0.15) is 4.74 Å². The molecule has 0 unspecified atom stereocenters. The average molecular weight is 229 g/mol. The fourth-order valence-electron chi connectivity index (χ4n) is 1.41. The van der Waals surface area contributed by atoms with E-state index in [1.54, 1.807) is 30.3 Å². The first-order valence-corrected chi connectivity index (χ1v) is 5.05. The third kappa shape index (κ3) is 2.55. The molecule has 0 amide bonds. The summed E-state index contributed by atoms with van der Waals surface area (Å²) in [6, 6.07) is 12.9. The van der Waals surface area contributed by atoms with Gasteiger partial charge in [-0.25, -0.2) is 0 Å². The Morgan fingerprint density at radius 1 is 0.941 bits per heavy atom. The van der Waals surface area contributed by atoms with Crippen molar-refractivity contribution in [2.75, 3.05) is 0 Å². The number of nitrogens with zero attached hydrogens (tertiary/aromatic N) is 1. The van der Waals surface area contributed by atoms with E-state index in [0.29, 0.717) is 16.0 Å². The summed E-state index contributed by atoms with van der Waals surface area (Å²) in [6.07, 6.45) is 1.33. The summed E-state index contributed by atoms with van der Waals surface area (Å²) in [5, 5.41) is 30.2. The second kappa shape index (κ2) is 4.57. The van der Waals surface area contributed by atoms with Crippen molar-refractivity contribution in [3.8, 4) is 11.5 Å². The number of aromatic hydroxyl groups is 2. The van der Waals surface area contributed by atoms with Gasteiger partial charge in [0, 0.05) is 17.7 Å². The minimum atomic E-state index is -0.250. The first-order chi connectivity index (χ1) is 8.16. The van der Waals surface area contributed by atoms with Crippen molar-refractivity contribution < 1.29 is 15.0 Å². The normalized spacial score (nSPS) is 11.4. The fourth-order valence-corrected chi connectivity index (χ4v) is 1.41. The Morgan fingerprint density at radius 2 is 1.65 bits per heavy atom. The molecule has 2 aromatic rings. The van der Waals surface area contributed by atoms with Gasteiger partial charge in [-0.05, 0) is 18.2 Å². The van der Waals surface area contributed by atoms with Crippen molar-refractivity contribution >= 4 is 11.9 Å². The van der Waals surface area contributed by atoms with Crippen molar-refractivity contribution in [2.24, 2.45) is 0 Å². The van der Waals surface area contributed by atoms with E-state index in [9.17, 15) is 10.3 Å². The van der Waals surface area contributed by atoms with Crippen LogP contribution in [0.3, 0.4) is 0 Å². The predicted octanol–water partition coefficient (Wildman–Crippen LogP) is 2.36. The van der Waals surface area contributed by atoms with Crippen LogP contribution in [0.25, 0.3) is 0 Å². The molecule has 0 heterocycles. The number of hydrogen-bond donors (Lipinski definition) is 2. The third-order valence-corrected chi connectivity index (χ3v) is 2.28. The predicted molar refractivity (Wildman–Crippen MR) is 64.7 cm³/mol. The van der Waals surface area contributed by atoms with Crippen LogP contribution >= 0.6 is 0 Å². The molecule has 0 atom stereocenters. The Bertz CT molecular complexity index is 550. The van der Waals surface area contributed by atoms with Crippen LogP contribution in [0.5, 0.6) is 11.5 Å². The largest absolute Gasteiger partial charge is 0.618 e. The summed E-state index contributed by atoms with van der Waals surface area (Å²) >= 11 is 0. The van der Waals surface area contributed by atoms with E-state index >= 15 is 0 Å². The summed E-state index contributed by atoms with van der Waals surface area (Å²) in [4.78, 5) is 0. The van der Waals surface area contributed by atoms with Gasteiger partial charge in [0.2, 0.25) is 5.69 Å². The highest BCUT2D eigenvalue weighted by Crippen LogP contribution is 2.24. The van der Waals surface area contributed by atoms with E-state index in [2.05, 4.69) is 0 Å². The molecule has 0 spiro atoms. The first-order valence-electron chi connectivity index (χ1n) is 5.05. The second-order valence-electron chi connectivity index (χ2n) is 3.54. The molecule has 0 aliphatic rings. The van der Waals surface area contributed by atoms with Gasteiger partial charge in [0.25, 0.3) is 0 Å². The molecule has 17 heavy (non-hydrogen) atoms. The van der Waals surface area contributed by atoms with Gasteiger partial charge < -0.3 is 15.4 Å². The van der Waals surface area contributed by atoms with Crippen molar-refractivity contribution in [3.63, 3.8) is 0 Å². The maximum absolute atomic E-state index is 11.7. The molecule has 0 radical (unpaired) electrons. The minimum absolute atomic E-state index is 0.209. The van der Waals surface area contributed by atoms with Gasteiger partial charge >= 0.3 is 0 Å². The van der Waals surface area contributed by atoms with Gasteiger partial charge in [0.15, 0.2) is 17.7 Å². The zero-order valence-electron chi connectivity index (χ0n) is 8.95. The fraction of sp³-hybridized carbons (Fsp3) is 0. The highest BCUT2D eigenvalue weighted by molar-refractivity contribution is 5.78. The van der Waals surface area contributed by atoms with Crippen molar-refractivity contribution in [2.45, 2.75) is 0 Å². The molecule has 2 rings (SSSR count). The van der Waals surface area contributed by atoms with E-state index in [-0.39, 0.29) is 11.5 Å². The van der Waals surface area contributed by atoms with Gasteiger partial charge in [-0.1, -0.05) is 18.2 Å². The lowest BCUT2D eigenvalue weighted by atomic mass is 10.2. The van der Waals surface area contributed by atoms with Gasteiger partial charge in [0.05, 0.1) is 0 Å². The maximum atomic E-state index is 11.7. The summed E-state index contributed by atoms with van der Waals surface area (Å²) in [5.41, 5.74) is 1.01. The third-order valence-electron chi connectivity index (χ3n) is 2.28. The highest BCUT2D eigenvalue weighted by atomic mass is 16.5. The van der Waals surface area contributed by atoms with Crippen LogP contribution in [0.15, 0.2) is 48.5 Å². The molecule has 2 aromatic carbocycles. The van der Waals surface area contributed by atoms with E-state index in [0.717, 1.165) is 0 Å². The lowest BCUT2D eigenvalue weighted by Gasteiger charge is -2.03. The van der Waals surface area contributed by atoms with Crippen LogP contribution < -0.4 is 0 Å². The molecular formula is C13H11NO3. The zero-order chi connectivity index (χ0) is 12.3. The van der Waals surface area contributed by atoms with Crippen molar-refractivity contribution in [1.29, 1.82) is 0 Å². The Labute approximate surface area is 98.3 Å². The molecule has 0 saturated heterocycles. The number of phenolic OH excluding ortho intramolecular Hbond substituents is 2. The van der Waals surface area contributed by atoms with Crippen LogP contribution in [-0.4, -0.2) is 21.2 Å². The molecule has 4 nitrogen and oxygen atoms in total. The molecule has 0 aliphatic heterocycles. The summed E-state index contributed by atoms with van der Waals surface area (Å²) in [7, 11) is 0. The number of para-hydroxylation sites is 1. The molecule has 86 valence electrons. The summed E-state index contributed by atoms with van der Waals surface area (Å²) in [5.74, 6) is -0.459. The smallest absolute Gasteiger partial charge is 0.216 e. The standard InChI is InChI=1S/C13H11NO3/c15-12-7-6-10(8-13(12)16)9-14(17)11-4-2-1-3-5-11/h1-9,15-16H. The summed E-state index contributed by atoms with van der Waals surface area (Å²) in [6.45, 7) is 0. The minimum Gasteiger partial charge on any atom is -0.618 e. The first kappa shape index (κ1) is 11.0. The van der Waals surface area contributed by atoms with E-state index in [1.165, 1.54) is 18.3 Å². The number of phenols is 2. The Balaban J connectivity index is 2.33. The van der Waals surface area contributed by atoms with Crippen LogP contribution in [0.4, 0.5) is 5.69 Å². The SMILES string of the molecule is [O-][N+](=Cc1ccc(O)c(O)c1)c1ccccc1. The average Bonchev–Trinajstić information content (AvgIpc) is 2.35. The van der Waals surface area contributed by atoms with Crippen molar-refractivity contribution in [3.05, 3.63) is 59.3 Å². The van der Waals surface area contributed by atoms with Crippen LogP contribution in [0.2, 0.25) is 0 Å². The Morgan fingerprint density at radius 3 is 2.29 bits per heavy atom. The molecule has 0 aromatic heterocycles. The van der Waals surface area contributed by atoms with E-state index in [1.807, 2.05) is 6.07 Å². The lowest BCUT2D eigenvalue weighted by Crippen LogP contribution is -1.98. The number of rotatable bonds is 2.